The summed E-state index contributed by atoms with van der Waals surface area (Å²) in [5.41, 5.74) is 1.20. The number of piperidine rings is 1. The maximum atomic E-state index is 12.4. The van der Waals surface area contributed by atoms with Crippen LogP contribution in [0.25, 0.3) is 0 Å². The number of carbonyl (C=O) groups is 3. The molecule has 3 rings (SSSR count). The van der Waals surface area contributed by atoms with Gasteiger partial charge in [0.05, 0.1) is 0 Å². The minimum absolute atomic E-state index is 0.116. The van der Waals surface area contributed by atoms with E-state index in [1.54, 1.807) is 0 Å². The lowest BCUT2D eigenvalue weighted by Crippen LogP contribution is -2.48. The fourth-order valence-corrected chi connectivity index (χ4v) is 3.81. The van der Waals surface area contributed by atoms with Crippen LogP contribution in [0.3, 0.4) is 0 Å². The number of nitrogens with zero attached hydrogens (tertiary/aromatic N) is 2. The van der Waals surface area contributed by atoms with Gasteiger partial charge in [-0.2, -0.15) is 0 Å². The van der Waals surface area contributed by atoms with Crippen LogP contribution in [0.1, 0.15) is 44.1 Å². The first-order valence-corrected chi connectivity index (χ1v) is 10.5. The van der Waals surface area contributed by atoms with E-state index in [2.05, 4.69) is 4.90 Å². The zero-order valence-electron chi connectivity index (χ0n) is 17.6. The highest BCUT2D eigenvalue weighted by molar-refractivity contribution is 6.27. The third-order valence-corrected chi connectivity index (χ3v) is 5.54. The highest BCUT2D eigenvalue weighted by Crippen LogP contribution is 2.21. The van der Waals surface area contributed by atoms with Crippen molar-refractivity contribution < 1.29 is 29.3 Å². The number of rotatable bonds is 4. The predicted molar refractivity (Wildman–Crippen MR) is 112 cm³/mol. The Kier molecular flexibility index (Phi) is 9.60. The molecule has 0 radical (unpaired) electrons. The molecule has 0 saturated carbocycles. The van der Waals surface area contributed by atoms with Crippen LogP contribution < -0.4 is 4.74 Å². The Morgan fingerprint density at radius 1 is 0.900 bits per heavy atom. The summed E-state index contributed by atoms with van der Waals surface area (Å²) < 4.78 is 5.63. The molecule has 30 heavy (non-hydrogen) atoms. The molecule has 1 aromatic rings. The van der Waals surface area contributed by atoms with Crippen LogP contribution in [-0.4, -0.2) is 76.7 Å². The summed E-state index contributed by atoms with van der Waals surface area (Å²) in [6.07, 6.45) is 7.65. The van der Waals surface area contributed by atoms with Crippen molar-refractivity contribution >= 4 is 17.8 Å². The van der Waals surface area contributed by atoms with E-state index in [0.29, 0.717) is 6.04 Å². The van der Waals surface area contributed by atoms with Crippen molar-refractivity contribution in [2.45, 2.75) is 51.5 Å². The van der Waals surface area contributed by atoms with Gasteiger partial charge in [-0.25, -0.2) is 9.59 Å². The summed E-state index contributed by atoms with van der Waals surface area (Å²) in [5, 5.41) is 14.8. The van der Waals surface area contributed by atoms with Crippen LogP contribution in [0, 0.1) is 6.92 Å². The van der Waals surface area contributed by atoms with Crippen LogP contribution in [0.4, 0.5) is 0 Å². The van der Waals surface area contributed by atoms with E-state index in [4.69, 9.17) is 24.5 Å². The molecule has 1 aromatic carbocycles. The zero-order chi connectivity index (χ0) is 21.9. The van der Waals surface area contributed by atoms with E-state index in [1.165, 1.54) is 44.3 Å². The first-order chi connectivity index (χ1) is 14.4. The standard InChI is InChI=1S/C20H30N2O2.C2H2O4/c1-17-6-8-19(9-7-17)24-16-20(23)22-14-10-18(11-15-22)21-12-4-2-3-5-13-21;3-1(4)2(5)6/h6-9,18H,2-5,10-16H2,1H3;(H,3,4)(H,5,6). The van der Waals surface area contributed by atoms with E-state index in [0.717, 1.165) is 31.7 Å². The van der Waals surface area contributed by atoms with Crippen molar-refractivity contribution in [1.29, 1.82) is 0 Å². The summed E-state index contributed by atoms with van der Waals surface area (Å²) in [6.45, 7) is 6.43. The quantitative estimate of drug-likeness (QED) is 0.720. The van der Waals surface area contributed by atoms with Gasteiger partial charge < -0.3 is 24.7 Å². The van der Waals surface area contributed by atoms with Crippen molar-refractivity contribution in [3.05, 3.63) is 29.8 Å². The van der Waals surface area contributed by atoms with Gasteiger partial charge in [0.1, 0.15) is 5.75 Å². The van der Waals surface area contributed by atoms with Crippen LogP contribution in [0.5, 0.6) is 5.75 Å². The molecule has 1 amide bonds. The van der Waals surface area contributed by atoms with Gasteiger partial charge >= 0.3 is 11.9 Å². The smallest absolute Gasteiger partial charge is 0.414 e. The Morgan fingerprint density at radius 3 is 1.93 bits per heavy atom. The van der Waals surface area contributed by atoms with E-state index in [1.807, 2.05) is 36.1 Å². The van der Waals surface area contributed by atoms with E-state index in [-0.39, 0.29) is 12.5 Å². The number of carbonyl (C=O) groups excluding carboxylic acids is 1. The van der Waals surface area contributed by atoms with Gasteiger partial charge in [-0.3, -0.25) is 4.79 Å². The number of benzene rings is 1. The summed E-state index contributed by atoms with van der Waals surface area (Å²) in [6, 6.07) is 8.53. The molecule has 2 heterocycles. The third-order valence-electron chi connectivity index (χ3n) is 5.54. The van der Waals surface area contributed by atoms with Gasteiger partial charge in [0.15, 0.2) is 6.61 Å². The number of hydrogen-bond acceptors (Lipinski definition) is 5. The van der Waals surface area contributed by atoms with Crippen molar-refractivity contribution in [2.24, 2.45) is 0 Å². The molecule has 0 bridgehead atoms. The van der Waals surface area contributed by atoms with E-state index < -0.39 is 11.9 Å². The van der Waals surface area contributed by atoms with Crippen molar-refractivity contribution in [3.8, 4) is 5.75 Å². The number of carboxylic acid groups (broad SMARTS) is 2. The average molecular weight is 421 g/mol. The molecular formula is C22H32N2O6. The molecule has 0 aliphatic carbocycles. The Morgan fingerprint density at radius 2 is 1.43 bits per heavy atom. The molecule has 0 atom stereocenters. The summed E-state index contributed by atoms with van der Waals surface area (Å²) in [7, 11) is 0. The molecule has 8 heteroatoms. The second-order valence-electron chi connectivity index (χ2n) is 7.77. The number of amides is 1. The SMILES string of the molecule is Cc1ccc(OCC(=O)N2CCC(N3CCCCCC3)CC2)cc1.O=C(O)C(=O)O. The lowest BCUT2D eigenvalue weighted by atomic mass is 10.0. The number of likely N-dealkylation sites (tertiary alicyclic amines) is 2. The van der Waals surface area contributed by atoms with Crippen LogP contribution in [0.2, 0.25) is 0 Å². The second-order valence-corrected chi connectivity index (χ2v) is 7.77. The molecule has 8 nitrogen and oxygen atoms in total. The number of aryl methyl sites for hydroxylation is 1. The van der Waals surface area contributed by atoms with E-state index >= 15 is 0 Å². The Bertz CT molecular complexity index is 678. The average Bonchev–Trinajstić information content (AvgIpc) is 3.03. The number of carboxylic acids is 2. The monoisotopic (exact) mass is 420 g/mol. The minimum Gasteiger partial charge on any atom is -0.484 e. The topological polar surface area (TPSA) is 107 Å². The highest BCUT2D eigenvalue weighted by atomic mass is 16.5. The maximum absolute atomic E-state index is 12.4. The first kappa shape index (κ1) is 23.7. The van der Waals surface area contributed by atoms with Crippen LogP contribution in [0.15, 0.2) is 24.3 Å². The Hall–Kier alpha value is -2.61. The summed E-state index contributed by atoms with van der Waals surface area (Å²) >= 11 is 0. The highest BCUT2D eigenvalue weighted by Gasteiger charge is 2.27. The molecule has 166 valence electrons. The third kappa shape index (κ3) is 8.02. The van der Waals surface area contributed by atoms with Crippen molar-refractivity contribution in [3.63, 3.8) is 0 Å². The molecule has 2 aliphatic heterocycles. The second kappa shape index (κ2) is 12.2. The molecule has 0 spiro atoms. The summed E-state index contributed by atoms with van der Waals surface area (Å²) in [5.74, 6) is -2.76. The van der Waals surface area contributed by atoms with Gasteiger partial charge in [-0.15, -0.1) is 0 Å². The predicted octanol–water partition coefficient (Wildman–Crippen LogP) is 2.40. The van der Waals surface area contributed by atoms with Gasteiger partial charge in [-0.1, -0.05) is 30.5 Å². The molecule has 0 aromatic heterocycles. The number of ether oxygens (including phenoxy) is 1. The number of hydrogen-bond donors (Lipinski definition) is 2. The maximum Gasteiger partial charge on any atom is 0.414 e. The fourth-order valence-electron chi connectivity index (χ4n) is 3.81. The zero-order valence-corrected chi connectivity index (χ0v) is 17.6. The van der Waals surface area contributed by atoms with Gasteiger partial charge in [0.25, 0.3) is 5.91 Å². The Labute approximate surface area is 177 Å². The van der Waals surface area contributed by atoms with Crippen molar-refractivity contribution in [1.82, 2.24) is 9.80 Å². The lowest BCUT2D eigenvalue weighted by molar-refractivity contribution is -0.159. The normalized spacial score (nSPS) is 18.0. The molecule has 2 aliphatic rings. The van der Waals surface area contributed by atoms with Crippen LogP contribution >= 0.6 is 0 Å². The van der Waals surface area contributed by atoms with Crippen LogP contribution in [-0.2, 0) is 14.4 Å². The van der Waals surface area contributed by atoms with Gasteiger partial charge in [0, 0.05) is 19.1 Å². The Balaban J connectivity index is 0.000000469. The van der Waals surface area contributed by atoms with Gasteiger partial charge in [0.2, 0.25) is 0 Å². The largest absolute Gasteiger partial charge is 0.484 e. The van der Waals surface area contributed by atoms with E-state index in [9.17, 15) is 4.79 Å². The van der Waals surface area contributed by atoms with Gasteiger partial charge in [-0.05, 0) is 57.8 Å². The molecule has 2 saturated heterocycles. The minimum atomic E-state index is -1.82. The molecule has 2 fully saturated rings. The summed E-state index contributed by atoms with van der Waals surface area (Å²) in [4.78, 5) is 35.2. The number of aliphatic carboxylic acids is 2. The first-order valence-electron chi connectivity index (χ1n) is 10.5. The lowest BCUT2D eigenvalue weighted by Gasteiger charge is -2.38. The fraction of sp³-hybridized carbons (Fsp3) is 0.591. The molecule has 2 N–H and O–H groups in total. The molecule has 0 unspecified atom stereocenters. The van der Waals surface area contributed by atoms with Crippen molar-refractivity contribution in [2.75, 3.05) is 32.8 Å². The molecular weight excluding hydrogens is 388 g/mol.